The fraction of sp³-hybridized carbons (Fsp3) is 0.667. The third-order valence-electron chi connectivity index (χ3n) is 4.32. The standard InChI is InChI=1S/C15H21NO2S/c1-9-2-3-13-11(4-9)7-14(19-13)15(18)16-8-10-5-12(17)6-10/h7,9-10,12,17H,2-6,8H2,1H3,(H,16,18). The Morgan fingerprint density at radius 1 is 1.53 bits per heavy atom. The van der Waals surface area contributed by atoms with Crippen molar-refractivity contribution in [2.45, 2.75) is 45.1 Å². The van der Waals surface area contributed by atoms with E-state index in [1.54, 1.807) is 11.3 Å². The first-order valence-electron chi connectivity index (χ1n) is 7.19. The van der Waals surface area contributed by atoms with Crippen LogP contribution < -0.4 is 5.32 Å². The fourth-order valence-electron chi connectivity index (χ4n) is 3.01. The van der Waals surface area contributed by atoms with Gasteiger partial charge in [-0.1, -0.05) is 6.92 Å². The average Bonchev–Trinajstić information content (AvgIpc) is 2.75. The van der Waals surface area contributed by atoms with Gasteiger partial charge in [0.15, 0.2) is 0 Å². The van der Waals surface area contributed by atoms with Crippen molar-refractivity contribution in [2.24, 2.45) is 11.8 Å². The van der Waals surface area contributed by atoms with Gasteiger partial charge in [-0.3, -0.25) is 4.79 Å². The molecule has 0 saturated heterocycles. The number of amides is 1. The van der Waals surface area contributed by atoms with E-state index in [-0.39, 0.29) is 12.0 Å². The number of nitrogens with one attached hydrogen (secondary N) is 1. The van der Waals surface area contributed by atoms with Crippen molar-refractivity contribution in [3.8, 4) is 0 Å². The number of aliphatic hydroxyl groups is 1. The molecule has 0 radical (unpaired) electrons. The number of carbonyl (C=O) groups is 1. The van der Waals surface area contributed by atoms with Crippen LogP contribution in [0, 0.1) is 11.8 Å². The first-order valence-corrected chi connectivity index (χ1v) is 8.01. The molecule has 1 aromatic heterocycles. The van der Waals surface area contributed by atoms with Gasteiger partial charge in [-0.15, -0.1) is 11.3 Å². The van der Waals surface area contributed by atoms with Crippen molar-refractivity contribution in [1.29, 1.82) is 0 Å². The number of carbonyl (C=O) groups excluding carboxylic acids is 1. The van der Waals surface area contributed by atoms with Crippen LogP contribution in [0.4, 0.5) is 0 Å². The maximum Gasteiger partial charge on any atom is 0.261 e. The highest BCUT2D eigenvalue weighted by molar-refractivity contribution is 7.14. The maximum atomic E-state index is 12.1. The normalized spacial score (nSPS) is 29.5. The summed E-state index contributed by atoms with van der Waals surface area (Å²) >= 11 is 1.66. The van der Waals surface area contributed by atoms with E-state index in [0.717, 1.165) is 36.5 Å². The van der Waals surface area contributed by atoms with Gasteiger partial charge in [0, 0.05) is 11.4 Å². The Morgan fingerprint density at radius 3 is 3.05 bits per heavy atom. The molecule has 1 heterocycles. The van der Waals surface area contributed by atoms with Crippen molar-refractivity contribution in [3.63, 3.8) is 0 Å². The van der Waals surface area contributed by atoms with Gasteiger partial charge in [-0.05, 0) is 55.6 Å². The lowest BCUT2D eigenvalue weighted by Gasteiger charge is -2.31. The molecule has 19 heavy (non-hydrogen) atoms. The van der Waals surface area contributed by atoms with Crippen LogP contribution in [0.1, 0.15) is 46.3 Å². The number of hydrogen-bond donors (Lipinski definition) is 2. The molecule has 4 heteroatoms. The summed E-state index contributed by atoms with van der Waals surface area (Å²) in [5.41, 5.74) is 1.38. The predicted octanol–water partition coefficient (Wildman–Crippen LogP) is 2.37. The van der Waals surface area contributed by atoms with E-state index in [4.69, 9.17) is 0 Å². The highest BCUT2D eigenvalue weighted by atomic mass is 32.1. The Kier molecular flexibility index (Phi) is 3.63. The van der Waals surface area contributed by atoms with Crippen LogP contribution in [-0.2, 0) is 12.8 Å². The number of rotatable bonds is 3. The molecule has 2 aliphatic rings. The lowest BCUT2D eigenvalue weighted by atomic mass is 9.82. The van der Waals surface area contributed by atoms with E-state index < -0.39 is 0 Å². The minimum absolute atomic E-state index is 0.0634. The van der Waals surface area contributed by atoms with Crippen molar-refractivity contribution >= 4 is 17.2 Å². The molecule has 0 aliphatic heterocycles. The lowest BCUT2D eigenvalue weighted by Crippen LogP contribution is -2.38. The molecule has 1 unspecified atom stereocenters. The van der Waals surface area contributed by atoms with Crippen molar-refractivity contribution in [2.75, 3.05) is 6.54 Å². The van der Waals surface area contributed by atoms with Crippen LogP contribution in [0.5, 0.6) is 0 Å². The number of fused-ring (bicyclic) bond motifs is 1. The second kappa shape index (κ2) is 5.25. The molecule has 0 aromatic carbocycles. The van der Waals surface area contributed by atoms with Gasteiger partial charge in [-0.2, -0.15) is 0 Å². The summed E-state index contributed by atoms with van der Waals surface area (Å²) < 4.78 is 0. The van der Waals surface area contributed by atoms with E-state index in [9.17, 15) is 9.90 Å². The van der Waals surface area contributed by atoms with E-state index in [1.807, 2.05) is 0 Å². The molecule has 0 bridgehead atoms. The van der Waals surface area contributed by atoms with Crippen LogP contribution in [0.3, 0.4) is 0 Å². The number of aliphatic hydroxyl groups excluding tert-OH is 1. The van der Waals surface area contributed by atoms with Crippen molar-refractivity contribution in [1.82, 2.24) is 5.32 Å². The first kappa shape index (κ1) is 13.1. The largest absolute Gasteiger partial charge is 0.393 e. The van der Waals surface area contributed by atoms with Gasteiger partial charge in [-0.25, -0.2) is 0 Å². The first-order chi connectivity index (χ1) is 9.11. The third kappa shape index (κ3) is 2.84. The van der Waals surface area contributed by atoms with Gasteiger partial charge in [0.05, 0.1) is 11.0 Å². The zero-order chi connectivity index (χ0) is 13.4. The Labute approximate surface area is 118 Å². The number of hydrogen-bond acceptors (Lipinski definition) is 3. The van der Waals surface area contributed by atoms with E-state index >= 15 is 0 Å². The third-order valence-corrected chi connectivity index (χ3v) is 5.55. The monoisotopic (exact) mass is 279 g/mol. The van der Waals surface area contributed by atoms with Crippen LogP contribution >= 0.6 is 11.3 Å². The van der Waals surface area contributed by atoms with Crippen molar-refractivity contribution < 1.29 is 9.90 Å². The highest BCUT2D eigenvalue weighted by Gasteiger charge is 2.27. The molecule has 1 amide bonds. The Bertz CT molecular complexity index is 476. The molecular formula is C15H21NO2S. The second-order valence-corrected chi connectivity index (χ2v) is 7.25. The summed E-state index contributed by atoms with van der Waals surface area (Å²) in [6.07, 6.45) is 5.01. The van der Waals surface area contributed by atoms with E-state index in [0.29, 0.717) is 12.5 Å². The molecule has 1 saturated carbocycles. The smallest absolute Gasteiger partial charge is 0.261 e. The van der Waals surface area contributed by atoms with Crippen LogP contribution in [0.15, 0.2) is 6.07 Å². The molecule has 1 fully saturated rings. The molecule has 3 nitrogen and oxygen atoms in total. The summed E-state index contributed by atoms with van der Waals surface area (Å²) in [5.74, 6) is 1.27. The number of aryl methyl sites for hydroxylation is 1. The summed E-state index contributed by atoms with van der Waals surface area (Å²) in [7, 11) is 0. The average molecular weight is 279 g/mol. The predicted molar refractivity (Wildman–Crippen MR) is 76.6 cm³/mol. The summed E-state index contributed by atoms with van der Waals surface area (Å²) in [6.45, 7) is 2.98. The minimum atomic E-state index is -0.141. The fourth-order valence-corrected chi connectivity index (χ4v) is 4.13. The van der Waals surface area contributed by atoms with Crippen molar-refractivity contribution in [3.05, 3.63) is 21.4 Å². The SMILES string of the molecule is CC1CCc2sc(C(=O)NCC3CC(O)C3)cc2C1. The number of thiophene rings is 1. The second-order valence-electron chi connectivity index (χ2n) is 6.11. The Morgan fingerprint density at radius 2 is 2.32 bits per heavy atom. The summed E-state index contributed by atoms with van der Waals surface area (Å²) in [5, 5.41) is 12.2. The van der Waals surface area contributed by atoms with E-state index in [1.165, 1.54) is 16.9 Å². The van der Waals surface area contributed by atoms with Gasteiger partial charge >= 0.3 is 0 Å². The van der Waals surface area contributed by atoms with Gasteiger partial charge in [0.25, 0.3) is 5.91 Å². The summed E-state index contributed by atoms with van der Waals surface area (Å²) in [6, 6.07) is 2.08. The highest BCUT2D eigenvalue weighted by Crippen LogP contribution is 2.32. The molecule has 104 valence electrons. The van der Waals surface area contributed by atoms with Crippen LogP contribution in [0.2, 0.25) is 0 Å². The van der Waals surface area contributed by atoms with Crippen LogP contribution in [-0.4, -0.2) is 23.7 Å². The quantitative estimate of drug-likeness (QED) is 0.892. The molecule has 0 spiro atoms. The zero-order valence-corrected chi connectivity index (χ0v) is 12.1. The minimum Gasteiger partial charge on any atom is -0.393 e. The van der Waals surface area contributed by atoms with Crippen LogP contribution in [0.25, 0.3) is 0 Å². The maximum absolute atomic E-state index is 12.1. The Hall–Kier alpha value is -0.870. The van der Waals surface area contributed by atoms with E-state index in [2.05, 4.69) is 18.3 Å². The van der Waals surface area contributed by atoms with Gasteiger partial charge in [0.2, 0.25) is 0 Å². The zero-order valence-electron chi connectivity index (χ0n) is 11.3. The molecular weight excluding hydrogens is 258 g/mol. The molecule has 3 rings (SSSR count). The Balaban J connectivity index is 1.58. The molecule has 2 aliphatic carbocycles. The summed E-state index contributed by atoms with van der Waals surface area (Å²) in [4.78, 5) is 14.4. The topological polar surface area (TPSA) is 49.3 Å². The molecule has 1 atom stereocenters. The van der Waals surface area contributed by atoms with Gasteiger partial charge in [0.1, 0.15) is 0 Å². The molecule has 1 aromatic rings. The molecule has 2 N–H and O–H groups in total. The van der Waals surface area contributed by atoms with Gasteiger partial charge < -0.3 is 10.4 Å². The lowest BCUT2D eigenvalue weighted by molar-refractivity contribution is 0.0420.